The van der Waals surface area contributed by atoms with E-state index >= 15 is 0 Å². The highest BCUT2D eigenvalue weighted by Crippen LogP contribution is 2.45. The van der Waals surface area contributed by atoms with Gasteiger partial charge in [0.05, 0.1) is 22.4 Å². The number of nitrogens with zero attached hydrogens (tertiary/aromatic N) is 3. The molecule has 0 bridgehead atoms. The van der Waals surface area contributed by atoms with Gasteiger partial charge in [0.15, 0.2) is 0 Å². The predicted octanol–water partition coefficient (Wildman–Crippen LogP) is 3.95. The molecule has 2 aliphatic rings. The molecule has 4 heterocycles. The predicted molar refractivity (Wildman–Crippen MR) is 108 cm³/mol. The van der Waals surface area contributed by atoms with Crippen molar-refractivity contribution in [3.05, 3.63) is 82.3 Å². The summed E-state index contributed by atoms with van der Waals surface area (Å²) in [5.74, 6) is 0.145. The molecule has 5 heteroatoms. The highest BCUT2D eigenvalue weighted by atomic mass is 32.1. The van der Waals surface area contributed by atoms with E-state index in [4.69, 9.17) is 4.98 Å². The van der Waals surface area contributed by atoms with Crippen LogP contribution in [0.15, 0.2) is 65.5 Å². The molecule has 3 aromatic rings. The second-order valence-corrected chi connectivity index (χ2v) is 8.26. The van der Waals surface area contributed by atoms with Crippen molar-refractivity contribution in [2.45, 2.75) is 18.4 Å². The second kappa shape index (κ2) is 6.50. The number of carbonyl (C=O) groups excluding carboxylic acids is 1. The molecule has 2 aromatic heterocycles. The van der Waals surface area contributed by atoms with Crippen LogP contribution in [0.2, 0.25) is 0 Å². The maximum absolute atomic E-state index is 12.8. The molecule has 136 valence electrons. The summed E-state index contributed by atoms with van der Waals surface area (Å²) in [7, 11) is 0. The lowest BCUT2D eigenvalue weighted by molar-refractivity contribution is 0.0785. The molecular formula is C22H21N3OS. The third-order valence-corrected chi connectivity index (χ3v) is 6.43. The van der Waals surface area contributed by atoms with Gasteiger partial charge in [0, 0.05) is 37.8 Å². The lowest BCUT2D eigenvalue weighted by atomic mass is 9.85. The minimum Gasteiger partial charge on any atom is -0.365 e. The molecule has 4 nitrogen and oxygen atoms in total. The molecule has 1 aromatic carbocycles. The molecule has 1 atom stereocenters. The van der Waals surface area contributed by atoms with Crippen LogP contribution in [0.1, 0.15) is 28.0 Å². The Kier molecular flexibility index (Phi) is 3.97. The molecule has 0 unspecified atom stereocenters. The molecule has 27 heavy (non-hydrogen) atoms. The van der Waals surface area contributed by atoms with E-state index in [9.17, 15) is 4.79 Å². The average molecular weight is 375 g/mol. The summed E-state index contributed by atoms with van der Waals surface area (Å²) >= 11 is 1.57. The largest absolute Gasteiger partial charge is 0.365 e. The van der Waals surface area contributed by atoms with Gasteiger partial charge in [-0.25, -0.2) is 0 Å². The Morgan fingerprint density at radius 2 is 2.00 bits per heavy atom. The number of aromatic nitrogens is 1. The van der Waals surface area contributed by atoms with Crippen molar-refractivity contribution in [2.24, 2.45) is 0 Å². The number of rotatable bonds is 3. The Hall–Kier alpha value is -2.66. The number of hydrogen-bond donors (Lipinski definition) is 0. The van der Waals surface area contributed by atoms with Crippen molar-refractivity contribution < 1.29 is 4.79 Å². The van der Waals surface area contributed by atoms with E-state index in [2.05, 4.69) is 41.3 Å². The molecule has 0 saturated carbocycles. The standard InChI is InChI=1S/C22H21N3OS/c26-21(18-8-12-27-14-18)24-11-9-22(15-24)16-25(13-17-5-2-1-3-6-17)19-7-4-10-23-20(19)22/h1-8,10,12,14H,9,11,13,15-16H2/t22-/m0/s1. The van der Waals surface area contributed by atoms with E-state index in [1.165, 1.54) is 11.3 Å². The molecule has 1 fully saturated rings. The number of benzene rings is 1. The summed E-state index contributed by atoms with van der Waals surface area (Å²) in [5.41, 5.74) is 4.41. The van der Waals surface area contributed by atoms with Crippen LogP contribution < -0.4 is 4.90 Å². The summed E-state index contributed by atoms with van der Waals surface area (Å²) < 4.78 is 0. The van der Waals surface area contributed by atoms with Gasteiger partial charge >= 0.3 is 0 Å². The summed E-state index contributed by atoms with van der Waals surface area (Å²) in [4.78, 5) is 22.0. The van der Waals surface area contributed by atoms with E-state index < -0.39 is 0 Å². The topological polar surface area (TPSA) is 36.4 Å². The van der Waals surface area contributed by atoms with Crippen LogP contribution in [-0.4, -0.2) is 35.4 Å². The minimum atomic E-state index is -0.0585. The number of hydrogen-bond acceptors (Lipinski definition) is 4. The number of amides is 1. The van der Waals surface area contributed by atoms with E-state index in [1.54, 1.807) is 11.3 Å². The Morgan fingerprint density at radius 3 is 2.81 bits per heavy atom. The fourth-order valence-electron chi connectivity index (χ4n) is 4.47. The minimum absolute atomic E-state index is 0.0585. The molecule has 5 rings (SSSR count). The molecule has 2 aliphatic heterocycles. The number of carbonyl (C=O) groups is 1. The van der Waals surface area contributed by atoms with Crippen LogP contribution in [0.5, 0.6) is 0 Å². The van der Waals surface area contributed by atoms with E-state index in [-0.39, 0.29) is 11.3 Å². The Balaban J connectivity index is 1.43. The number of thiophene rings is 1. The van der Waals surface area contributed by atoms with Crippen LogP contribution in [-0.2, 0) is 12.0 Å². The van der Waals surface area contributed by atoms with E-state index in [0.29, 0.717) is 0 Å². The summed E-state index contributed by atoms with van der Waals surface area (Å²) in [6.07, 6.45) is 2.86. The van der Waals surface area contributed by atoms with Gasteiger partial charge in [0.1, 0.15) is 0 Å². The van der Waals surface area contributed by atoms with Crippen molar-refractivity contribution in [1.82, 2.24) is 9.88 Å². The first-order valence-corrected chi connectivity index (χ1v) is 10.3. The van der Waals surface area contributed by atoms with Crippen LogP contribution >= 0.6 is 11.3 Å². The highest BCUT2D eigenvalue weighted by Gasteiger charge is 2.49. The molecule has 1 spiro atoms. The first kappa shape index (κ1) is 16.5. The van der Waals surface area contributed by atoms with Crippen molar-refractivity contribution >= 4 is 22.9 Å². The van der Waals surface area contributed by atoms with Crippen LogP contribution in [0.25, 0.3) is 0 Å². The Bertz CT molecular complexity index is 957. The van der Waals surface area contributed by atoms with Crippen LogP contribution in [0.3, 0.4) is 0 Å². The zero-order chi connectivity index (χ0) is 18.3. The van der Waals surface area contributed by atoms with Gasteiger partial charge in [-0.3, -0.25) is 9.78 Å². The molecule has 1 amide bonds. The SMILES string of the molecule is O=C(c1ccsc1)N1CC[C@]2(C1)CN(Cc1ccccc1)c1cccnc12. The number of likely N-dealkylation sites (tertiary alicyclic amines) is 1. The summed E-state index contributed by atoms with van der Waals surface area (Å²) in [6.45, 7) is 3.34. The third kappa shape index (κ3) is 2.82. The van der Waals surface area contributed by atoms with Crippen LogP contribution in [0.4, 0.5) is 5.69 Å². The Labute approximate surface area is 163 Å². The lowest BCUT2D eigenvalue weighted by Gasteiger charge is -2.25. The molecule has 0 aliphatic carbocycles. The van der Waals surface area contributed by atoms with Gasteiger partial charge in [0.2, 0.25) is 0 Å². The highest BCUT2D eigenvalue weighted by molar-refractivity contribution is 7.08. The summed E-state index contributed by atoms with van der Waals surface area (Å²) in [6, 6.07) is 16.7. The quantitative estimate of drug-likeness (QED) is 0.696. The maximum atomic E-state index is 12.8. The van der Waals surface area contributed by atoms with Gasteiger partial charge in [-0.2, -0.15) is 11.3 Å². The first-order valence-electron chi connectivity index (χ1n) is 9.31. The fourth-order valence-corrected chi connectivity index (χ4v) is 5.10. The summed E-state index contributed by atoms with van der Waals surface area (Å²) in [5, 5.41) is 3.91. The van der Waals surface area contributed by atoms with Gasteiger partial charge in [0.25, 0.3) is 5.91 Å². The Morgan fingerprint density at radius 1 is 1.11 bits per heavy atom. The zero-order valence-electron chi connectivity index (χ0n) is 15.0. The lowest BCUT2D eigenvalue weighted by Crippen LogP contribution is -2.38. The smallest absolute Gasteiger partial charge is 0.254 e. The second-order valence-electron chi connectivity index (χ2n) is 7.48. The van der Waals surface area contributed by atoms with Crippen molar-refractivity contribution in [3.63, 3.8) is 0 Å². The molecule has 1 saturated heterocycles. The normalized spacial score (nSPS) is 21.0. The van der Waals surface area contributed by atoms with Gasteiger partial charge in [-0.1, -0.05) is 30.3 Å². The third-order valence-electron chi connectivity index (χ3n) is 5.75. The molecule has 0 radical (unpaired) electrons. The molecular weight excluding hydrogens is 354 g/mol. The van der Waals surface area contributed by atoms with E-state index in [0.717, 1.165) is 43.9 Å². The zero-order valence-corrected chi connectivity index (χ0v) is 15.9. The fraction of sp³-hybridized carbons (Fsp3) is 0.273. The van der Waals surface area contributed by atoms with Crippen molar-refractivity contribution in [1.29, 1.82) is 0 Å². The van der Waals surface area contributed by atoms with Gasteiger partial charge < -0.3 is 9.80 Å². The van der Waals surface area contributed by atoms with Gasteiger partial charge in [-0.05, 0) is 35.6 Å². The average Bonchev–Trinajstić information content (AvgIpc) is 3.44. The van der Waals surface area contributed by atoms with E-state index in [1.807, 2.05) is 34.0 Å². The molecule has 0 N–H and O–H groups in total. The van der Waals surface area contributed by atoms with Crippen molar-refractivity contribution in [2.75, 3.05) is 24.5 Å². The first-order chi connectivity index (χ1) is 13.3. The van der Waals surface area contributed by atoms with Crippen LogP contribution in [0, 0.1) is 0 Å². The monoisotopic (exact) mass is 375 g/mol. The van der Waals surface area contributed by atoms with Gasteiger partial charge in [-0.15, -0.1) is 0 Å². The number of anilines is 1. The van der Waals surface area contributed by atoms with Crippen molar-refractivity contribution in [3.8, 4) is 0 Å². The number of fused-ring (bicyclic) bond motifs is 2. The maximum Gasteiger partial charge on any atom is 0.254 e. The number of pyridine rings is 1.